The molecule has 7 nitrogen and oxygen atoms in total. The van der Waals surface area contributed by atoms with Crippen molar-refractivity contribution >= 4 is 17.8 Å². The van der Waals surface area contributed by atoms with Crippen LogP contribution in [0.25, 0.3) is 6.08 Å². The lowest BCUT2D eigenvalue weighted by molar-refractivity contribution is -0.129. The van der Waals surface area contributed by atoms with E-state index in [-0.39, 0.29) is 5.57 Å². The Morgan fingerprint density at radius 2 is 1.79 bits per heavy atom. The van der Waals surface area contributed by atoms with Crippen LogP contribution in [-0.4, -0.2) is 73.1 Å². The van der Waals surface area contributed by atoms with Crippen molar-refractivity contribution in [1.82, 2.24) is 9.80 Å². The number of aliphatic hydroxyl groups is 1. The van der Waals surface area contributed by atoms with Gasteiger partial charge in [-0.15, -0.1) is 0 Å². The molecule has 0 aliphatic carbocycles. The molecule has 1 fully saturated rings. The number of methoxy groups -OCH3 is 1. The zero-order valence-corrected chi connectivity index (χ0v) is 19.4. The van der Waals surface area contributed by atoms with Crippen LogP contribution in [0.4, 0.5) is 0 Å². The minimum atomic E-state index is -0.721. The molecule has 1 unspecified atom stereocenters. The predicted octanol–water partition coefficient (Wildman–Crippen LogP) is 3.40. The van der Waals surface area contributed by atoms with Gasteiger partial charge in [0.2, 0.25) is 0 Å². The van der Waals surface area contributed by atoms with Crippen molar-refractivity contribution in [2.24, 2.45) is 0 Å². The summed E-state index contributed by atoms with van der Waals surface area (Å²) in [5.74, 6) is -0.869. The van der Waals surface area contributed by atoms with Crippen molar-refractivity contribution < 1.29 is 24.2 Å². The number of ether oxygens (including phenoxy) is 2. The molecule has 1 amide bonds. The van der Waals surface area contributed by atoms with E-state index < -0.39 is 23.5 Å². The first-order valence-electron chi connectivity index (χ1n) is 11.5. The number of carbonyl (C=O) groups is 2. The molecule has 0 radical (unpaired) electrons. The summed E-state index contributed by atoms with van der Waals surface area (Å²) in [6.07, 6.45) is 3.81. The zero-order chi connectivity index (χ0) is 23.9. The first kappa shape index (κ1) is 23.7. The van der Waals surface area contributed by atoms with E-state index in [1.165, 1.54) is 6.08 Å². The van der Waals surface area contributed by atoms with Crippen LogP contribution in [0.1, 0.15) is 23.6 Å². The monoisotopic (exact) mass is 462 g/mol. The van der Waals surface area contributed by atoms with Crippen molar-refractivity contribution in [3.05, 3.63) is 83.1 Å². The van der Waals surface area contributed by atoms with Crippen LogP contribution in [0.5, 0.6) is 5.75 Å². The minimum Gasteiger partial charge on any atom is -0.503 e. The van der Waals surface area contributed by atoms with Crippen molar-refractivity contribution in [2.45, 2.75) is 12.5 Å². The van der Waals surface area contributed by atoms with Gasteiger partial charge in [0.25, 0.3) is 5.91 Å². The van der Waals surface area contributed by atoms with Gasteiger partial charge in [-0.05, 0) is 24.1 Å². The molecule has 0 saturated carbocycles. The maximum atomic E-state index is 13.3. The second-order valence-corrected chi connectivity index (χ2v) is 8.32. The van der Waals surface area contributed by atoms with E-state index in [4.69, 9.17) is 9.47 Å². The highest BCUT2D eigenvalue weighted by Gasteiger charge is 2.43. The average Bonchev–Trinajstić information content (AvgIpc) is 3.13. The van der Waals surface area contributed by atoms with E-state index in [1.807, 2.05) is 48.5 Å². The summed E-state index contributed by atoms with van der Waals surface area (Å²) in [6, 6.07) is 16.0. The molecule has 2 aromatic carbocycles. The van der Waals surface area contributed by atoms with Gasteiger partial charge in [-0.1, -0.05) is 54.6 Å². The molecule has 2 heterocycles. The lowest BCUT2D eigenvalue weighted by Gasteiger charge is -2.30. The van der Waals surface area contributed by atoms with E-state index in [0.717, 1.165) is 25.2 Å². The number of carbonyl (C=O) groups excluding carboxylic acids is 2. The number of aliphatic hydroxyl groups excluding tert-OH is 1. The Morgan fingerprint density at radius 3 is 2.53 bits per heavy atom. The van der Waals surface area contributed by atoms with Gasteiger partial charge in [0.15, 0.2) is 11.5 Å². The van der Waals surface area contributed by atoms with Crippen LogP contribution in [0, 0.1) is 0 Å². The van der Waals surface area contributed by atoms with Gasteiger partial charge >= 0.3 is 0 Å². The van der Waals surface area contributed by atoms with Crippen LogP contribution >= 0.6 is 0 Å². The van der Waals surface area contributed by atoms with Crippen molar-refractivity contribution in [3.63, 3.8) is 0 Å². The van der Waals surface area contributed by atoms with Gasteiger partial charge in [0.05, 0.1) is 31.9 Å². The number of hydrogen-bond donors (Lipinski definition) is 1. The fourth-order valence-corrected chi connectivity index (χ4v) is 4.47. The minimum absolute atomic E-state index is 0.0769. The van der Waals surface area contributed by atoms with Crippen LogP contribution < -0.4 is 4.74 Å². The van der Waals surface area contributed by atoms with E-state index >= 15 is 0 Å². The average molecular weight is 463 g/mol. The molecule has 0 bridgehead atoms. The number of benzene rings is 2. The summed E-state index contributed by atoms with van der Waals surface area (Å²) >= 11 is 0. The van der Waals surface area contributed by atoms with E-state index in [2.05, 4.69) is 4.90 Å². The lowest BCUT2D eigenvalue weighted by atomic mass is 9.94. The van der Waals surface area contributed by atoms with Gasteiger partial charge < -0.3 is 19.5 Å². The number of morpholine rings is 1. The molecule has 178 valence electrons. The fraction of sp³-hybridized carbons (Fsp3) is 0.333. The number of ketones is 1. The number of nitrogens with zero attached hydrogens (tertiary/aromatic N) is 2. The third-order valence-corrected chi connectivity index (χ3v) is 6.21. The first-order chi connectivity index (χ1) is 16.6. The number of rotatable bonds is 9. The predicted molar refractivity (Wildman–Crippen MR) is 129 cm³/mol. The Kier molecular flexibility index (Phi) is 7.77. The Balaban J connectivity index is 1.60. The molecule has 34 heavy (non-hydrogen) atoms. The Morgan fingerprint density at radius 1 is 1.09 bits per heavy atom. The highest BCUT2D eigenvalue weighted by molar-refractivity contribution is 6.14. The normalized spacial score (nSPS) is 19.3. The lowest BCUT2D eigenvalue weighted by Crippen LogP contribution is -2.39. The molecule has 2 aliphatic heterocycles. The molecule has 0 aromatic heterocycles. The molecule has 1 atom stereocenters. The van der Waals surface area contributed by atoms with Gasteiger partial charge in [0, 0.05) is 31.7 Å². The number of para-hydroxylation sites is 1. The Labute approximate surface area is 199 Å². The molecule has 7 heteroatoms. The third kappa shape index (κ3) is 5.21. The smallest absolute Gasteiger partial charge is 0.290 e. The van der Waals surface area contributed by atoms with Crippen LogP contribution in [0.3, 0.4) is 0 Å². The Hall–Kier alpha value is -3.42. The summed E-state index contributed by atoms with van der Waals surface area (Å²) in [4.78, 5) is 30.3. The second kappa shape index (κ2) is 11.1. The van der Waals surface area contributed by atoms with E-state index in [0.29, 0.717) is 37.5 Å². The van der Waals surface area contributed by atoms with Crippen molar-refractivity contribution in [2.75, 3.05) is 46.5 Å². The number of allylic oxidation sites excluding steroid dienone is 1. The Bertz CT molecular complexity index is 1070. The third-order valence-electron chi connectivity index (χ3n) is 6.21. The van der Waals surface area contributed by atoms with Gasteiger partial charge in [-0.25, -0.2) is 0 Å². The molecule has 0 spiro atoms. The van der Waals surface area contributed by atoms with Crippen LogP contribution in [-0.2, 0) is 14.3 Å². The highest BCUT2D eigenvalue weighted by Crippen LogP contribution is 2.41. The van der Waals surface area contributed by atoms with Gasteiger partial charge in [0.1, 0.15) is 5.75 Å². The molecule has 2 aliphatic rings. The van der Waals surface area contributed by atoms with Crippen LogP contribution in [0.15, 0.2) is 72.0 Å². The summed E-state index contributed by atoms with van der Waals surface area (Å²) in [7, 11) is 1.55. The van der Waals surface area contributed by atoms with E-state index in [1.54, 1.807) is 24.2 Å². The maximum absolute atomic E-state index is 13.3. The molecular weight excluding hydrogens is 432 g/mol. The zero-order valence-electron chi connectivity index (χ0n) is 19.4. The standard InChI is InChI=1S/C27H30N2O5/c1-33-23-11-6-5-10-21(23)25-24(22(30)13-12-20-8-3-2-4-9-20)26(31)27(32)29(25)15-7-14-28-16-18-34-19-17-28/h2-6,8-13,25,31H,7,14-19H2,1H3/b13-12+. The van der Waals surface area contributed by atoms with Crippen LogP contribution in [0.2, 0.25) is 0 Å². The molecule has 4 rings (SSSR count). The first-order valence-corrected chi connectivity index (χ1v) is 11.5. The topological polar surface area (TPSA) is 79.3 Å². The molecular formula is C27H30N2O5. The second-order valence-electron chi connectivity index (χ2n) is 8.32. The SMILES string of the molecule is COc1ccccc1C1C(C(=O)/C=C/c2ccccc2)=C(O)C(=O)N1CCCN1CCOCC1. The van der Waals surface area contributed by atoms with Crippen molar-refractivity contribution in [3.8, 4) is 5.75 Å². The van der Waals surface area contributed by atoms with Gasteiger partial charge in [-0.2, -0.15) is 0 Å². The highest BCUT2D eigenvalue weighted by atomic mass is 16.5. The molecule has 1 saturated heterocycles. The van der Waals surface area contributed by atoms with E-state index in [9.17, 15) is 14.7 Å². The molecule has 1 N–H and O–H groups in total. The summed E-state index contributed by atoms with van der Waals surface area (Å²) in [5, 5.41) is 10.8. The maximum Gasteiger partial charge on any atom is 0.290 e. The summed E-state index contributed by atoms with van der Waals surface area (Å²) in [6.45, 7) is 4.36. The van der Waals surface area contributed by atoms with Crippen molar-refractivity contribution in [1.29, 1.82) is 0 Å². The number of amides is 1. The van der Waals surface area contributed by atoms with Gasteiger partial charge in [-0.3, -0.25) is 14.5 Å². The number of hydrogen-bond acceptors (Lipinski definition) is 6. The summed E-state index contributed by atoms with van der Waals surface area (Å²) in [5.41, 5.74) is 1.61. The largest absolute Gasteiger partial charge is 0.503 e. The molecule has 2 aromatic rings. The fourth-order valence-electron chi connectivity index (χ4n) is 4.47. The summed E-state index contributed by atoms with van der Waals surface area (Å²) < 4.78 is 10.9. The quantitative estimate of drug-likeness (QED) is 0.576.